The Bertz CT molecular complexity index is 690. The Morgan fingerprint density at radius 2 is 1.76 bits per heavy atom. The summed E-state index contributed by atoms with van der Waals surface area (Å²) in [7, 11) is 0. The number of carbonyl (C=O) groups excluding carboxylic acids is 1. The maximum Gasteiger partial charge on any atom is 0.319 e. The summed E-state index contributed by atoms with van der Waals surface area (Å²) in [4.78, 5) is 14.3. The maximum atomic E-state index is 13.6. The third kappa shape index (κ3) is 5.26. The Kier molecular flexibility index (Phi) is 6.89. The number of urea groups is 1. The average Bonchev–Trinajstić information content (AvgIpc) is 2.62. The molecule has 2 amide bonds. The van der Waals surface area contributed by atoms with E-state index in [2.05, 4.69) is 29.4 Å². The molecule has 2 rings (SSSR count). The van der Waals surface area contributed by atoms with Crippen LogP contribution in [0.3, 0.4) is 0 Å². The number of carbonyl (C=O) groups is 1. The van der Waals surface area contributed by atoms with Crippen LogP contribution >= 0.6 is 0 Å². The van der Waals surface area contributed by atoms with Crippen molar-refractivity contribution in [1.82, 2.24) is 10.2 Å². The van der Waals surface area contributed by atoms with E-state index in [0.29, 0.717) is 6.54 Å². The number of likely N-dealkylation sites (N-methyl/N-ethyl adjacent to an activating group) is 1. The van der Waals surface area contributed by atoms with Crippen molar-refractivity contribution in [3.05, 3.63) is 65.7 Å². The van der Waals surface area contributed by atoms with Crippen molar-refractivity contribution in [3.8, 4) is 0 Å². The van der Waals surface area contributed by atoms with Gasteiger partial charge in [0, 0.05) is 12.6 Å². The second-order valence-corrected chi connectivity index (χ2v) is 5.61. The highest BCUT2D eigenvalue weighted by atomic mass is 19.1. The van der Waals surface area contributed by atoms with Gasteiger partial charge in [-0.25, -0.2) is 13.6 Å². The lowest BCUT2D eigenvalue weighted by Crippen LogP contribution is -2.39. The van der Waals surface area contributed by atoms with Crippen LogP contribution in [0.1, 0.15) is 25.5 Å². The number of amides is 2. The Morgan fingerprint density at radius 1 is 1.08 bits per heavy atom. The lowest BCUT2D eigenvalue weighted by molar-refractivity contribution is 0.210. The molecule has 0 radical (unpaired) electrons. The van der Waals surface area contributed by atoms with E-state index >= 15 is 0 Å². The molecule has 2 N–H and O–H groups in total. The van der Waals surface area contributed by atoms with E-state index in [1.165, 1.54) is 6.07 Å². The second-order valence-electron chi connectivity index (χ2n) is 5.61. The molecule has 0 saturated heterocycles. The normalized spacial score (nSPS) is 12.0. The van der Waals surface area contributed by atoms with E-state index in [1.54, 1.807) is 0 Å². The highest BCUT2D eigenvalue weighted by Crippen LogP contribution is 2.20. The second kappa shape index (κ2) is 9.13. The van der Waals surface area contributed by atoms with Gasteiger partial charge >= 0.3 is 6.03 Å². The molecule has 1 atom stereocenters. The van der Waals surface area contributed by atoms with Crippen molar-refractivity contribution in [1.29, 1.82) is 0 Å². The summed E-state index contributed by atoms with van der Waals surface area (Å²) < 4.78 is 26.5. The van der Waals surface area contributed by atoms with Gasteiger partial charge in [0.1, 0.15) is 11.6 Å². The Morgan fingerprint density at radius 3 is 2.36 bits per heavy atom. The van der Waals surface area contributed by atoms with E-state index in [0.717, 1.165) is 30.8 Å². The lowest BCUT2D eigenvalue weighted by atomic mass is 10.1. The highest BCUT2D eigenvalue weighted by Gasteiger charge is 2.19. The van der Waals surface area contributed by atoms with Crippen molar-refractivity contribution < 1.29 is 13.6 Å². The summed E-state index contributed by atoms with van der Waals surface area (Å²) >= 11 is 0. The SMILES string of the molecule is CCN(CC)C(CNC(=O)Nc1ccc(F)cc1F)c1ccccc1. The molecule has 25 heavy (non-hydrogen) atoms. The van der Waals surface area contributed by atoms with E-state index < -0.39 is 17.7 Å². The van der Waals surface area contributed by atoms with Crippen LogP contribution in [0, 0.1) is 11.6 Å². The smallest absolute Gasteiger partial charge is 0.319 e. The van der Waals surface area contributed by atoms with Gasteiger partial charge in [-0.15, -0.1) is 0 Å². The van der Waals surface area contributed by atoms with Crippen LogP contribution in [0.4, 0.5) is 19.3 Å². The van der Waals surface area contributed by atoms with Crippen molar-refractivity contribution in [2.75, 3.05) is 25.0 Å². The molecule has 0 bridgehead atoms. The molecule has 4 nitrogen and oxygen atoms in total. The molecule has 0 saturated carbocycles. The first-order chi connectivity index (χ1) is 12.0. The van der Waals surface area contributed by atoms with Gasteiger partial charge in [0.15, 0.2) is 0 Å². The fourth-order valence-corrected chi connectivity index (χ4v) is 2.74. The Hall–Kier alpha value is -2.47. The van der Waals surface area contributed by atoms with Gasteiger partial charge in [0.2, 0.25) is 0 Å². The average molecular weight is 347 g/mol. The number of hydrogen-bond donors (Lipinski definition) is 2. The largest absolute Gasteiger partial charge is 0.336 e. The number of hydrogen-bond acceptors (Lipinski definition) is 2. The molecule has 0 fully saturated rings. The van der Waals surface area contributed by atoms with Crippen LogP contribution in [0.5, 0.6) is 0 Å². The number of benzene rings is 2. The minimum Gasteiger partial charge on any atom is -0.336 e. The summed E-state index contributed by atoms with van der Waals surface area (Å²) in [5.41, 5.74) is 1.04. The third-order valence-corrected chi connectivity index (χ3v) is 4.07. The Labute approximate surface area is 146 Å². The van der Waals surface area contributed by atoms with Crippen LogP contribution < -0.4 is 10.6 Å². The van der Waals surface area contributed by atoms with Crippen LogP contribution in [0.25, 0.3) is 0 Å². The summed E-state index contributed by atoms with van der Waals surface area (Å²) in [6.45, 7) is 6.18. The molecule has 0 aliphatic carbocycles. The molecule has 134 valence electrons. The zero-order valence-electron chi connectivity index (χ0n) is 14.4. The molecule has 0 aliphatic heterocycles. The van der Waals surface area contributed by atoms with Crippen LogP contribution in [0.15, 0.2) is 48.5 Å². The summed E-state index contributed by atoms with van der Waals surface area (Å²) in [5.74, 6) is -1.49. The van der Waals surface area contributed by atoms with Crippen LogP contribution in [-0.2, 0) is 0 Å². The molecule has 2 aromatic carbocycles. The van der Waals surface area contributed by atoms with Gasteiger partial charge in [0.05, 0.1) is 11.7 Å². The number of rotatable bonds is 7. The van der Waals surface area contributed by atoms with Crippen molar-refractivity contribution in [3.63, 3.8) is 0 Å². The topological polar surface area (TPSA) is 44.4 Å². The molecule has 2 aromatic rings. The fraction of sp³-hybridized carbons (Fsp3) is 0.316. The first-order valence-corrected chi connectivity index (χ1v) is 8.34. The summed E-state index contributed by atoms with van der Waals surface area (Å²) in [6.07, 6.45) is 0. The molecule has 0 heterocycles. The molecule has 0 aliphatic rings. The quantitative estimate of drug-likeness (QED) is 0.789. The van der Waals surface area contributed by atoms with E-state index in [4.69, 9.17) is 0 Å². The fourth-order valence-electron chi connectivity index (χ4n) is 2.74. The molecule has 0 aromatic heterocycles. The van der Waals surface area contributed by atoms with Gasteiger partial charge in [-0.1, -0.05) is 44.2 Å². The minimum atomic E-state index is -0.807. The molecular formula is C19H23F2N3O. The number of halogens is 2. The summed E-state index contributed by atoms with van der Waals surface area (Å²) in [6, 6.07) is 12.4. The zero-order valence-corrected chi connectivity index (χ0v) is 14.4. The van der Waals surface area contributed by atoms with Gasteiger partial charge in [0.25, 0.3) is 0 Å². The monoisotopic (exact) mass is 347 g/mol. The molecule has 6 heteroatoms. The first-order valence-electron chi connectivity index (χ1n) is 8.34. The molecular weight excluding hydrogens is 324 g/mol. The molecule has 1 unspecified atom stereocenters. The maximum absolute atomic E-state index is 13.6. The van der Waals surface area contributed by atoms with Crippen LogP contribution in [0.2, 0.25) is 0 Å². The minimum absolute atomic E-state index is 0.0139. The van der Waals surface area contributed by atoms with E-state index in [9.17, 15) is 13.6 Å². The third-order valence-electron chi connectivity index (χ3n) is 4.07. The van der Waals surface area contributed by atoms with Gasteiger partial charge in [-0.3, -0.25) is 4.90 Å². The summed E-state index contributed by atoms with van der Waals surface area (Å²) in [5, 5.41) is 5.18. The van der Waals surface area contributed by atoms with E-state index in [1.807, 2.05) is 30.3 Å². The lowest BCUT2D eigenvalue weighted by Gasteiger charge is -2.30. The zero-order chi connectivity index (χ0) is 18.2. The van der Waals surface area contributed by atoms with Crippen molar-refractivity contribution >= 4 is 11.7 Å². The number of nitrogens with zero attached hydrogens (tertiary/aromatic N) is 1. The van der Waals surface area contributed by atoms with Gasteiger partial charge in [-0.05, 0) is 30.8 Å². The predicted molar refractivity (Wildman–Crippen MR) is 95.5 cm³/mol. The van der Waals surface area contributed by atoms with Crippen LogP contribution in [-0.4, -0.2) is 30.6 Å². The predicted octanol–water partition coefficient (Wildman–Crippen LogP) is 4.17. The highest BCUT2D eigenvalue weighted by molar-refractivity contribution is 5.89. The van der Waals surface area contributed by atoms with Crippen molar-refractivity contribution in [2.45, 2.75) is 19.9 Å². The van der Waals surface area contributed by atoms with Gasteiger partial charge in [-0.2, -0.15) is 0 Å². The molecule has 0 spiro atoms. The van der Waals surface area contributed by atoms with Gasteiger partial charge < -0.3 is 10.6 Å². The first kappa shape index (κ1) is 18.9. The number of nitrogens with one attached hydrogen (secondary N) is 2. The Balaban J connectivity index is 2.03. The van der Waals surface area contributed by atoms with E-state index in [-0.39, 0.29) is 11.7 Å². The number of anilines is 1. The van der Waals surface area contributed by atoms with Crippen molar-refractivity contribution in [2.24, 2.45) is 0 Å². The standard InChI is InChI=1S/C19H23F2N3O/c1-3-24(4-2)18(14-8-6-5-7-9-14)13-22-19(25)23-17-11-10-15(20)12-16(17)21/h5-12,18H,3-4,13H2,1-2H3,(H2,22,23,25).